The van der Waals surface area contributed by atoms with Crippen LogP contribution in [-0.4, -0.2) is 4.98 Å². The van der Waals surface area contributed by atoms with E-state index in [2.05, 4.69) is 38.4 Å². The molecule has 0 aliphatic heterocycles. The van der Waals surface area contributed by atoms with Gasteiger partial charge in [-0.05, 0) is 51.0 Å². The van der Waals surface area contributed by atoms with E-state index in [0.717, 1.165) is 20.5 Å². The fraction of sp³-hybridized carbons (Fsp3) is 0.182. The molecule has 0 radical (unpaired) electrons. The lowest BCUT2D eigenvalue weighted by atomic mass is 10.0. The quantitative estimate of drug-likeness (QED) is 0.918. The van der Waals surface area contributed by atoms with E-state index >= 15 is 0 Å². The third kappa shape index (κ3) is 2.45. The van der Waals surface area contributed by atoms with Crippen molar-refractivity contribution in [1.82, 2.24) is 4.98 Å². The molecule has 1 atom stereocenters. The first kappa shape index (κ1) is 10.8. The highest BCUT2D eigenvalue weighted by molar-refractivity contribution is 9.11. The maximum absolute atomic E-state index is 6.14. The minimum absolute atomic E-state index is 0.0834. The van der Waals surface area contributed by atoms with Gasteiger partial charge in [0.05, 0.1) is 9.83 Å². The summed E-state index contributed by atoms with van der Waals surface area (Å²) < 4.78 is 1.11. The van der Waals surface area contributed by atoms with Gasteiger partial charge in [-0.2, -0.15) is 0 Å². The largest absolute Gasteiger partial charge is 0.320 e. The summed E-state index contributed by atoms with van der Waals surface area (Å²) in [7, 11) is 0. The number of nitrogens with two attached hydrogens (primary N) is 1. The second-order valence-corrected chi connectivity index (χ2v) is 5.75. The third-order valence-corrected chi connectivity index (χ3v) is 3.72. The van der Waals surface area contributed by atoms with Gasteiger partial charge in [-0.1, -0.05) is 6.07 Å². The van der Waals surface area contributed by atoms with Crippen molar-refractivity contribution >= 4 is 27.3 Å². The zero-order valence-electron chi connectivity index (χ0n) is 8.27. The summed E-state index contributed by atoms with van der Waals surface area (Å²) in [6.07, 6.45) is 3.66. The van der Waals surface area contributed by atoms with Crippen molar-refractivity contribution in [2.24, 2.45) is 5.73 Å². The molecule has 0 saturated carbocycles. The zero-order valence-corrected chi connectivity index (χ0v) is 10.7. The van der Waals surface area contributed by atoms with Gasteiger partial charge in [0.15, 0.2) is 0 Å². The van der Waals surface area contributed by atoms with Crippen molar-refractivity contribution < 1.29 is 0 Å². The molecule has 78 valence electrons. The first-order valence-electron chi connectivity index (χ1n) is 4.58. The van der Waals surface area contributed by atoms with E-state index in [1.54, 1.807) is 11.3 Å². The third-order valence-electron chi connectivity index (χ3n) is 2.20. The molecule has 15 heavy (non-hydrogen) atoms. The van der Waals surface area contributed by atoms with Gasteiger partial charge in [0.25, 0.3) is 0 Å². The van der Waals surface area contributed by atoms with Crippen molar-refractivity contribution in [3.05, 3.63) is 50.4 Å². The number of hydrogen-bond acceptors (Lipinski definition) is 3. The molecule has 0 saturated heterocycles. The van der Waals surface area contributed by atoms with E-state index in [1.807, 2.05) is 19.3 Å². The van der Waals surface area contributed by atoms with Crippen LogP contribution in [0.3, 0.4) is 0 Å². The fourth-order valence-electron chi connectivity index (χ4n) is 1.43. The van der Waals surface area contributed by atoms with Crippen LogP contribution in [0.25, 0.3) is 0 Å². The molecule has 0 aliphatic carbocycles. The van der Waals surface area contributed by atoms with E-state index in [4.69, 9.17) is 5.73 Å². The molecule has 2 rings (SSSR count). The summed E-state index contributed by atoms with van der Waals surface area (Å²) >= 11 is 5.08. The SMILES string of the molecule is Cc1cncc(C(N)c2csc(Br)c2)c1. The minimum atomic E-state index is -0.0834. The maximum atomic E-state index is 6.14. The van der Waals surface area contributed by atoms with E-state index < -0.39 is 0 Å². The second-order valence-electron chi connectivity index (χ2n) is 3.46. The highest BCUT2D eigenvalue weighted by Crippen LogP contribution is 2.27. The highest BCUT2D eigenvalue weighted by atomic mass is 79.9. The lowest BCUT2D eigenvalue weighted by Gasteiger charge is -2.10. The molecule has 2 heterocycles. The normalized spacial score (nSPS) is 12.7. The van der Waals surface area contributed by atoms with Gasteiger partial charge in [0.2, 0.25) is 0 Å². The predicted octanol–water partition coefficient (Wildman–Crippen LogP) is 3.26. The average Bonchev–Trinajstić information content (AvgIpc) is 2.64. The molecule has 2 aromatic rings. The topological polar surface area (TPSA) is 38.9 Å². The summed E-state index contributed by atoms with van der Waals surface area (Å²) in [6, 6.07) is 4.04. The molecule has 4 heteroatoms. The second kappa shape index (κ2) is 4.43. The van der Waals surface area contributed by atoms with Crippen molar-refractivity contribution in [3.63, 3.8) is 0 Å². The van der Waals surface area contributed by atoms with Crippen molar-refractivity contribution in [1.29, 1.82) is 0 Å². The number of hydrogen-bond donors (Lipinski definition) is 1. The summed E-state index contributed by atoms with van der Waals surface area (Å²) in [5.74, 6) is 0. The Morgan fingerprint density at radius 1 is 1.33 bits per heavy atom. The van der Waals surface area contributed by atoms with Crippen LogP contribution in [0.4, 0.5) is 0 Å². The van der Waals surface area contributed by atoms with Crippen LogP contribution in [0.15, 0.2) is 33.7 Å². The number of aromatic nitrogens is 1. The van der Waals surface area contributed by atoms with Gasteiger partial charge >= 0.3 is 0 Å². The van der Waals surface area contributed by atoms with Crippen LogP contribution in [0, 0.1) is 6.92 Å². The Hall–Kier alpha value is -0.710. The fourth-order valence-corrected chi connectivity index (χ4v) is 2.64. The smallest absolute Gasteiger partial charge is 0.0701 e. The summed E-state index contributed by atoms with van der Waals surface area (Å²) in [6.45, 7) is 2.02. The Bertz CT molecular complexity index is 467. The molecule has 2 N–H and O–H groups in total. The Morgan fingerprint density at radius 2 is 2.13 bits per heavy atom. The van der Waals surface area contributed by atoms with Gasteiger partial charge in [-0.3, -0.25) is 4.98 Å². The van der Waals surface area contributed by atoms with Gasteiger partial charge in [-0.25, -0.2) is 0 Å². The molecule has 0 fully saturated rings. The van der Waals surface area contributed by atoms with Crippen LogP contribution in [0.1, 0.15) is 22.7 Å². The van der Waals surface area contributed by atoms with Crippen molar-refractivity contribution in [2.75, 3.05) is 0 Å². The monoisotopic (exact) mass is 282 g/mol. The Kier molecular flexibility index (Phi) is 3.19. The zero-order chi connectivity index (χ0) is 10.8. The van der Waals surface area contributed by atoms with E-state index in [1.165, 1.54) is 0 Å². The molecule has 2 aromatic heterocycles. The van der Waals surface area contributed by atoms with Gasteiger partial charge < -0.3 is 5.73 Å². The molecular weight excluding hydrogens is 272 g/mol. The summed E-state index contributed by atoms with van der Waals surface area (Å²) in [5, 5.41) is 2.07. The molecule has 0 aliphatic rings. The number of thiophene rings is 1. The average molecular weight is 283 g/mol. The van der Waals surface area contributed by atoms with Gasteiger partial charge in [-0.15, -0.1) is 11.3 Å². The van der Waals surface area contributed by atoms with Crippen molar-refractivity contribution in [3.8, 4) is 0 Å². The van der Waals surface area contributed by atoms with Crippen LogP contribution in [-0.2, 0) is 0 Å². The molecule has 2 nitrogen and oxygen atoms in total. The first-order valence-corrected chi connectivity index (χ1v) is 6.25. The Balaban J connectivity index is 2.32. The first-order chi connectivity index (χ1) is 7.16. The molecule has 0 bridgehead atoms. The van der Waals surface area contributed by atoms with Crippen molar-refractivity contribution in [2.45, 2.75) is 13.0 Å². The van der Waals surface area contributed by atoms with Gasteiger partial charge in [0, 0.05) is 12.4 Å². The number of halogens is 1. The van der Waals surface area contributed by atoms with Crippen LogP contribution >= 0.6 is 27.3 Å². The standard InChI is InChI=1S/C11H11BrN2S/c1-7-2-8(5-14-4-7)11(13)9-3-10(12)15-6-9/h2-6,11H,13H2,1H3. The predicted molar refractivity (Wildman–Crippen MR) is 67.0 cm³/mol. The van der Waals surface area contributed by atoms with Crippen LogP contribution in [0.5, 0.6) is 0 Å². The Morgan fingerprint density at radius 3 is 2.73 bits per heavy atom. The van der Waals surface area contributed by atoms with E-state index in [9.17, 15) is 0 Å². The summed E-state index contributed by atoms with van der Waals surface area (Å²) in [5.41, 5.74) is 9.46. The lowest BCUT2D eigenvalue weighted by molar-refractivity contribution is 0.865. The summed E-state index contributed by atoms with van der Waals surface area (Å²) in [4.78, 5) is 4.15. The van der Waals surface area contributed by atoms with Crippen LogP contribution < -0.4 is 5.73 Å². The molecule has 1 unspecified atom stereocenters. The maximum Gasteiger partial charge on any atom is 0.0701 e. The van der Waals surface area contributed by atoms with Crippen LogP contribution in [0.2, 0.25) is 0 Å². The highest BCUT2D eigenvalue weighted by Gasteiger charge is 2.10. The van der Waals surface area contributed by atoms with E-state index in [0.29, 0.717) is 0 Å². The molecule has 0 amide bonds. The minimum Gasteiger partial charge on any atom is -0.320 e. The number of pyridine rings is 1. The number of nitrogens with zero attached hydrogens (tertiary/aromatic N) is 1. The number of aryl methyl sites for hydroxylation is 1. The Labute approximate surface area is 101 Å². The molecular formula is C11H11BrN2S. The number of rotatable bonds is 2. The molecule has 0 aromatic carbocycles. The molecule has 0 spiro atoms. The van der Waals surface area contributed by atoms with Gasteiger partial charge in [0.1, 0.15) is 0 Å². The van der Waals surface area contributed by atoms with E-state index in [-0.39, 0.29) is 6.04 Å². The lowest BCUT2D eigenvalue weighted by Crippen LogP contribution is -2.11.